The third-order valence-electron chi connectivity index (χ3n) is 6.70. The number of nitrogens with two attached hydrogens (primary N) is 1. The number of aromatic nitrogens is 4. The number of ether oxygens (including phenoxy) is 1. The number of benzene rings is 2. The molecule has 0 unspecified atom stereocenters. The van der Waals surface area contributed by atoms with E-state index >= 15 is 0 Å². The molecule has 0 bridgehead atoms. The maximum Gasteiger partial charge on any atom is 0.230 e. The van der Waals surface area contributed by atoms with Crippen molar-refractivity contribution in [3.63, 3.8) is 0 Å². The van der Waals surface area contributed by atoms with Gasteiger partial charge in [-0.15, -0.1) is 0 Å². The van der Waals surface area contributed by atoms with Gasteiger partial charge in [0.25, 0.3) is 0 Å². The van der Waals surface area contributed by atoms with E-state index < -0.39 is 0 Å². The SMILES string of the molecule is C=C(/C=C\C=C/C)c1c(-c2ncnc(Nc3cc(N)c(N(C)CCN(C)C)cc3OC)n2)c2ccccc2n1C. The molecule has 0 saturated carbocycles. The van der Waals surface area contributed by atoms with Gasteiger partial charge in [-0.1, -0.05) is 49.1 Å². The number of hydrogen-bond acceptors (Lipinski definition) is 8. The second-order valence-electron chi connectivity index (χ2n) is 9.80. The number of rotatable bonds is 11. The van der Waals surface area contributed by atoms with Gasteiger partial charge in [0.2, 0.25) is 5.95 Å². The van der Waals surface area contributed by atoms with Crippen LogP contribution >= 0.6 is 0 Å². The number of methoxy groups -OCH3 is 1. The first-order valence-electron chi connectivity index (χ1n) is 13.1. The Hall–Kier alpha value is -4.63. The molecule has 208 valence electrons. The Morgan fingerprint density at radius 3 is 2.62 bits per heavy atom. The minimum Gasteiger partial charge on any atom is -0.494 e. The minimum absolute atomic E-state index is 0.380. The van der Waals surface area contributed by atoms with Crippen molar-refractivity contribution in [1.29, 1.82) is 0 Å². The first-order valence-corrected chi connectivity index (χ1v) is 13.1. The molecule has 0 aliphatic carbocycles. The van der Waals surface area contributed by atoms with Crippen molar-refractivity contribution in [1.82, 2.24) is 24.4 Å². The van der Waals surface area contributed by atoms with Crippen LogP contribution in [0.2, 0.25) is 0 Å². The van der Waals surface area contributed by atoms with E-state index in [9.17, 15) is 0 Å². The van der Waals surface area contributed by atoms with Crippen LogP contribution in [0.1, 0.15) is 12.6 Å². The lowest BCUT2D eigenvalue weighted by atomic mass is 10.1. The highest BCUT2D eigenvalue weighted by Crippen LogP contribution is 2.38. The van der Waals surface area contributed by atoms with Crippen LogP contribution in [-0.4, -0.2) is 65.8 Å². The fraction of sp³-hybridized carbons (Fsp3) is 0.258. The second-order valence-corrected chi connectivity index (χ2v) is 9.80. The van der Waals surface area contributed by atoms with Gasteiger partial charge in [-0.05, 0) is 38.7 Å². The molecule has 0 aliphatic heterocycles. The van der Waals surface area contributed by atoms with Crippen molar-refractivity contribution in [3.8, 4) is 17.1 Å². The number of aryl methyl sites for hydroxylation is 1. The number of hydrogen-bond donors (Lipinski definition) is 2. The van der Waals surface area contributed by atoms with Gasteiger partial charge in [-0.3, -0.25) is 0 Å². The first kappa shape index (κ1) is 28.4. The van der Waals surface area contributed by atoms with Crippen LogP contribution < -0.4 is 20.7 Å². The molecule has 0 amide bonds. The van der Waals surface area contributed by atoms with Crippen LogP contribution in [0.4, 0.5) is 23.0 Å². The fourth-order valence-electron chi connectivity index (χ4n) is 4.61. The predicted molar refractivity (Wildman–Crippen MR) is 167 cm³/mol. The molecule has 0 atom stereocenters. The van der Waals surface area contributed by atoms with Crippen molar-refractivity contribution in [2.75, 3.05) is 57.3 Å². The Balaban J connectivity index is 1.73. The summed E-state index contributed by atoms with van der Waals surface area (Å²) in [7, 11) is 9.77. The summed E-state index contributed by atoms with van der Waals surface area (Å²) in [5, 5.41) is 4.32. The van der Waals surface area contributed by atoms with Crippen molar-refractivity contribution in [2.24, 2.45) is 7.05 Å². The number of para-hydroxylation sites is 1. The zero-order chi connectivity index (χ0) is 28.8. The summed E-state index contributed by atoms with van der Waals surface area (Å²) in [6.07, 6.45) is 9.42. The van der Waals surface area contributed by atoms with Gasteiger partial charge in [0.05, 0.1) is 35.4 Å². The van der Waals surface area contributed by atoms with Gasteiger partial charge < -0.3 is 30.2 Å². The molecule has 2 aromatic heterocycles. The first-order chi connectivity index (χ1) is 19.2. The van der Waals surface area contributed by atoms with E-state index in [4.69, 9.17) is 15.5 Å². The lowest BCUT2D eigenvalue weighted by molar-refractivity contribution is 0.413. The average Bonchev–Trinajstić information content (AvgIpc) is 3.24. The standard InChI is InChI=1S/C31H38N8O/c1-8-9-10-13-21(2)29-28(22-14-11-12-15-25(22)39(29)6)30-33-20-34-31(36-30)35-24-18-23(32)26(19-27(24)40-7)38(5)17-16-37(3)4/h8-15,18-20H,2,16-17,32H2,1,3-7H3,(H,33,34,35,36)/b9-8-,13-10-. The molecule has 0 spiro atoms. The third-order valence-corrected chi connectivity index (χ3v) is 6.70. The van der Waals surface area contributed by atoms with E-state index in [2.05, 4.69) is 48.4 Å². The second kappa shape index (κ2) is 12.5. The van der Waals surface area contributed by atoms with E-state index in [0.717, 1.165) is 46.5 Å². The molecule has 9 heteroatoms. The number of likely N-dealkylation sites (N-methyl/N-ethyl adjacent to an activating group) is 2. The van der Waals surface area contributed by atoms with Crippen LogP contribution in [0.25, 0.3) is 27.9 Å². The zero-order valence-corrected chi connectivity index (χ0v) is 24.1. The normalized spacial score (nSPS) is 11.7. The molecule has 2 aromatic carbocycles. The van der Waals surface area contributed by atoms with Crippen LogP contribution in [0.5, 0.6) is 5.75 Å². The summed E-state index contributed by atoms with van der Waals surface area (Å²) >= 11 is 0. The van der Waals surface area contributed by atoms with E-state index in [0.29, 0.717) is 28.9 Å². The molecular formula is C31H38N8O. The minimum atomic E-state index is 0.380. The molecule has 3 N–H and O–H groups in total. The third kappa shape index (κ3) is 6.00. The van der Waals surface area contributed by atoms with Gasteiger partial charge in [-0.25, -0.2) is 9.97 Å². The molecule has 40 heavy (non-hydrogen) atoms. The Morgan fingerprint density at radius 1 is 1.12 bits per heavy atom. The van der Waals surface area contributed by atoms with Crippen LogP contribution in [0.3, 0.4) is 0 Å². The highest BCUT2D eigenvalue weighted by atomic mass is 16.5. The molecular weight excluding hydrogens is 500 g/mol. The monoisotopic (exact) mass is 538 g/mol. The molecule has 0 fully saturated rings. The van der Waals surface area contributed by atoms with Gasteiger partial charge in [0, 0.05) is 44.2 Å². The lowest BCUT2D eigenvalue weighted by Gasteiger charge is -2.24. The van der Waals surface area contributed by atoms with E-state index in [1.54, 1.807) is 7.11 Å². The van der Waals surface area contributed by atoms with Gasteiger partial charge >= 0.3 is 0 Å². The number of fused-ring (bicyclic) bond motifs is 1. The highest BCUT2D eigenvalue weighted by Gasteiger charge is 2.21. The quantitative estimate of drug-likeness (QED) is 0.191. The van der Waals surface area contributed by atoms with E-state index in [1.807, 2.05) is 83.7 Å². The molecule has 4 aromatic rings. The topological polar surface area (TPSA) is 97.4 Å². The number of nitrogens with zero attached hydrogens (tertiary/aromatic N) is 6. The van der Waals surface area contributed by atoms with Crippen molar-refractivity contribution in [2.45, 2.75) is 6.92 Å². The van der Waals surface area contributed by atoms with Crippen LogP contribution in [0, 0.1) is 0 Å². The summed E-state index contributed by atoms with van der Waals surface area (Å²) in [4.78, 5) is 18.0. The van der Waals surface area contributed by atoms with Crippen LogP contribution in [-0.2, 0) is 7.05 Å². The average molecular weight is 539 g/mol. The molecule has 0 radical (unpaired) electrons. The Kier molecular flexibility index (Phi) is 8.86. The Morgan fingerprint density at radius 2 is 1.90 bits per heavy atom. The highest BCUT2D eigenvalue weighted by molar-refractivity contribution is 6.02. The molecule has 2 heterocycles. The molecule has 0 saturated heterocycles. The van der Waals surface area contributed by atoms with Gasteiger partial charge in [-0.2, -0.15) is 4.98 Å². The smallest absolute Gasteiger partial charge is 0.230 e. The molecule has 9 nitrogen and oxygen atoms in total. The predicted octanol–water partition coefficient (Wildman–Crippen LogP) is 5.51. The Labute approximate surface area is 236 Å². The van der Waals surface area contributed by atoms with Crippen molar-refractivity contribution in [3.05, 3.63) is 79.3 Å². The summed E-state index contributed by atoms with van der Waals surface area (Å²) in [6, 6.07) is 12.0. The number of anilines is 4. The van der Waals surface area contributed by atoms with Gasteiger partial charge in [0.15, 0.2) is 5.82 Å². The Bertz CT molecular complexity index is 1570. The zero-order valence-electron chi connectivity index (χ0n) is 24.1. The molecule has 4 rings (SSSR count). The maximum absolute atomic E-state index is 6.47. The fourth-order valence-corrected chi connectivity index (χ4v) is 4.61. The van der Waals surface area contributed by atoms with Crippen LogP contribution in [0.15, 0.2) is 73.6 Å². The number of nitrogen functional groups attached to an aromatic ring is 1. The summed E-state index contributed by atoms with van der Waals surface area (Å²) in [5.74, 6) is 1.55. The summed E-state index contributed by atoms with van der Waals surface area (Å²) in [5.41, 5.74) is 12.4. The van der Waals surface area contributed by atoms with Gasteiger partial charge in [0.1, 0.15) is 12.1 Å². The largest absolute Gasteiger partial charge is 0.494 e. The lowest BCUT2D eigenvalue weighted by Crippen LogP contribution is -2.29. The van der Waals surface area contributed by atoms with Crippen molar-refractivity contribution >= 4 is 39.5 Å². The maximum atomic E-state index is 6.47. The van der Waals surface area contributed by atoms with E-state index in [-0.39, 0.29) is 0 Å². The molecule has 0 aliphatic rings. The summed E-state index contributed by atoms with van der Waals surface area (Å²) in [6.45, 7) is 8.05. The number of allylic oxidation sites excluding steroid dienone is 5. The van der Waals surface area contributed by atoms with Crippen molar-refractivity contribution < 1.29 is 4.74 Å². The number of nitrogens with one attached hydrogen (secondary N) is 1. The summed E-state index contributed by atoms with van der Waals surface area (Å²) < 4.78 is 7.83. The van der Waals surface area contributed by atoms with E-state index in [1.165, 1.54) is 6.33 Å².